The van der Waals surface area contributed by atoms with E-state index in [4.69, 9.17) is 18.9 Å². The van der Waals surface area contributed by atoms with E-state index in [1.165, 1.54) is 0 Å². The van der Waals surface area contributed by atoms with Crippen molar-refractivity contribution in [3.8, 4) is 11.6 Å². The molecule has 1 spiro atoms. The fourth-order valence-corrected chi connectivity index (χ4v) is 8.03. The first kappa shape index (κ1) is 24.1. The molecule has 194 valence electrons. The maximum atomic E-state index is 14.7. The van der Waals surface area contributed by atoms with Crippen LogP contribution in [0.1, 0.15) is 48.0 Å². The van der Waals surface area contributed by atoms with Gasteiger partial charge in [-0.1, -0.05) is 32.9 Å². The molecule has 1 aromatic rings. The Morgan fingerprint density at radius 2 is 1.97 bits per heavy atom. The van der Waals surface area contributed by atoms with E-state index in [-0.39, 0.29) is 34.8 Å². The molecule has 6 rings (SSSR count). The van der Waals surface area contributed by atoms with E-state index in [0.29, 0.717) is 18.3 Å². The predicted molar refractivity (Wildman–Crippen MR) is 132 cm³/mol. The Balaban J connectivity index is 1.56. The average Bonchev–Trinajstić information content (AvgIpc) is 3.31. The molecule has 1 aromatic heterocycles. The van der Waals surface area contributed by atoms with Crippen molar-refractivity contribution in [2.75, 3.05) is 13.7 Å². The Morgan fingerprint density at radius 3 is 2.69 bits per heavy atom. The highest BCUT2D eigenvalue weighted by atomic mass is 16.7. The summed E-state index contributed by atoms with van der Waals surface area (Å²) >= 11 is 0. The number of carbonyl (C=O) groups excluding carboxylic acids is 1. The van der Waals surface area contributed by atoms with Crippen molar-refractivity contribution in [2.45, 2.75) is 71.6 Å². The summed E-state index contributed by atoms with van der Waals surface area (Å²) < 4.78 is 24.6. The Morgan fingerprint density at radius 1 is 1.22 bits per heavy atom. The van der Waals surface area contributed by atoms with Crippen molar-refractivity contribution in [3.05, 3.63) is 41.6 Å². The summed E-state index contributed by atoms with van der Waals surface area (Å²) in [5.41, 5.74) is -1.15. The van der Waals surface area contributed by atoms with E-state index in [9.17, 15) is 9.90 Å². The molecule has 0 unspecified atom stereocenters. The second-order valence-corrected chi connectivity index (χ2v) is 12.5. The monoisotopic (exact) mass is 495 g/mol. The third-order valence-corrected chi connectivity index (χ3v) is 9.86. The van der Waals surface area contributed by atoms with E-state index in [1.54, 1.807) is 25.4 Å². The third kappa shape index (κ3) is 2.91. The molecule has 2 bridgehead atoms. The van der Waals surface area contributed by atoms with Crippen LogP contribution in [0.2, 0.25) is 0 Å². The Labute approximate surface area is 212 Å². The van der Waals surface area contributed by atoms with Crippen LogP contribution in [0.15, 0.2) is 41.6 Å². The van der Waals surface area contributed by atoms with Crippen molar-refractivity contribution in [3.63, 3.8) is 0 Å². The SMILES string of the molecule is COc1cccnc1O[C@H]1C(C)=C[C@]23C(=O)[C@@H](C=C4COC(C)(C)O[C@H]4[C@]12O)[C@H]1[C@@H](C[C@H]3C)C1(C)C. The van der Waals surface area contributed by atoms with Gasteiger partial charge in [0.15, 0.2) is 29.0 Å². The van der Waals surface area contributed by atoms with Crippen LogP contribution in [0.4, 0.5) is 0 Å². The van der Waals surface area contributed by atoms with Crippen LogP contribution in [0, 0.1) is 34.5 Å². The number of carbonyl (C=O) groups is 1. The van der Waals surface area contributed by atoms with Crippen LogP contribution in [-0.4, -0.2) is 53.2 Å². The molecule has 1 aliphatic heterocycles. The fraction of sp³-hybridized carbons (Fsp3) is 0.655. The quantitative estimate of drug-likeness (QED) is 0.632. The van der Waals surface area contributed by atoms with Gasteiger partial charge in [-0.05, 0) is 73.6 Å². The summed E-state index contributed by atoms with van der Waals surface area (Å²) in [7, 11) is 1.56. The van der Waals surface area contributed by atoms with E-state index in [0.717, 1.165) is 17.6 Å². The number of ether oxygens (including phenoxy) is 4. The molecule has 7 heteroatoms. The van der Waals surface area contributed by atoms with E-state index in [2.05, 4.69) is 31.8 Å². The zero-order chi connectivity index (χ0) is 25.8. The predicted octanol–water partition coefficient (Wildman–Crippen LogP) is 4.10. The first-order chi connectivity index (χ1) is 16.9. The molecule has 0 radical (unpaired) electrons. The molecule has 5 aliphatic rings. The van der Waals surface area contributed by atoms with Crippen LogP contribution < -0.4 is 9.47 Å². The second kappa shape index (κ2) is 7.42. The van der Waals surface area contributed by atoms with Crippen molar-refractivity contribution in [1.29, 1.82) is 0 Å². The number of hydrogen-bond acceptors (Lipinski definition) is 7. The first-order valence-electron chi connectivity index (χ1n) is 13.0. The van der Waals surface area contributed by atoms with Crippen LogP contribution in [0.25, 0.3) is 0 Å². The van der Waals surface area contributed by atoms with Gasteiger partial charge < -0.3 is 24.1 Å². The van der Waals surface area contributed by atoms with Gasteiger partial charge in [-0.2, -0.15) is 0 Å². The number of hydrogen-bond donors (Lipinski definition) is 1. The lowest BCUT2D eigenvalue weighted by atomic mass is 9.59. The molecular weight excluding hydrogens is 458 g/mol. The number of fused-ring (bicyclic) bond motifs is 5. The summed E-state index contributed by atoms with van der Waals surface area (Å²) in [4.78, 5) is 19.1. The zero-order valence-corrected chi connectivity index (χ0v) is 22.2. The van der Waals surface area contributed by atoms with E-state index < -0.39 is 29.0 Å². The highest BCUT2D eigenvalue weighted by molar-refractivity contribution is 5.95. The Kier molecular flexibility index (Phi) is 4.98. The third-order valence-electron chi connectivity index (χ3n) is 9.86. The molecule has 2 saturated carbocycles. The number of methoxy groups -OCH3 is 1. The lowest BCUT2D eigenvalue weighted by Crippen LogP contribution is -2.68. The largest absolute Gasteiger partial charge is 0.491 e. The lowest BCUT2D eigenvalue weighted by molar-refractivity contribution is -0.301. The number of allylic oxidation sites excluding steroid dienone is 1. The summed E-state index contributed by atoms with van der Waals surface area (Å²) in [6.07, 6.45) is 4.92. The summed E-state index contributed by atoms with van der Waals surface area (Å²) in [5, 5.41) is 13.1. The molecule has 36 heavy (non-hydrogen) atoms. The van der Waals surface area contributed by atoms with Gasteiger partial charge in [0.25, 0.3) is 5.88 Å². The molecule has 1 N–H and O–H groups in total. The number of aromatic nitrogens is 1. The van der Waals surface area contributed by atoms with Crippen LogP contribution >= 0.6 is 0 Å². The summed E-state index contributed by atoms with van der Waals surface area (Å²) in [5.74, 6) is 0.134. The van der Waals surface area contributed by atoms with Gasteiger partial charge in [0.1, 0.15) is 6.10 Å². The molecule has 7 nitrogen and oxygen atoms in total. The van der Waals surface area contributed by atoms with Crippen LogP contribution in [-0.2, 0) is 14.3 Å². The van der Waals surface area contributed by atoms with Gasteiger partial charge in [-0.15, -0.1) is 0 Å². The normalized spacial score (nSPS) is 43.6. The van der Waals surface area contributed by atoms with Gasteiger partial charge in [0, 0.05) is 12.1 Å². The number of ketones is 1. The van der Waals surface area contributed by atoms with Crippen molar-refractivity contribution in [2.24, 2.45) is 34.5 Å². The number of nitrogens with zero attached hydrogens (tertiary/aromatic N) is 1. The number of aliphatic hydroxyl groups is 1. The average molecular weight is 496 g/mol. The maximum absolute atomic E-state index is 14.7. The van der Waals surface area contributed by atoms with E-state index in [1.807, 2.05) is 26.8 Å². The number of rotatable bonds is 3. The molecule has 2 heterocycles. The minimum absolute atomic E-state index is 0.0670. The summed E-state index contributed by atoms with van der Waals surface area (Å²) in [6, 6.07) is 3.54. The number of Topliss-reactive ketones (excluding diaryl/α,β-unsaturated/α-hetero) is 1. The lowest BCUT2D eigenvalue weighted by Gasteiger charge is -2.52. The molecule has 8 atom stereocenters. The first-order valence-corrected chi connectivity index (χ1v) is 13.0. The van der Waals surface area contributed by atoms with Gasteiger partial charge in [0.05, 0.1) is 19.1 Å². The van der Waals surface area contributed by atoms with Gasteiger partial charge in [-0.3, -0.25) is 4.79 Å². The molecule has 1 saturated heterocycles. The Hall–Kier alpha value is -2.22. The fourth-order valence-electron chi connectivity index (χ4n) is 8.03. The molecular formula is C29H37NO6. The molecule has 3 fully saturated rings. The van der Waals surface area contributed by atoms with Gasteiger partial charge in [0.2, 0.25) is 0 Å². The van der Waals surface area contributed by atoms with Gasteiger partial charge >= 0.3 is 0 Å². The minimum Gasteiger partial charge on any atom is -0.491 e. The maximum Gasteiger partial charge on any atom is 0.257 e. The minimum atomic E-state index is -1.68. The standard InChI is InChI=1S/C29H37NO6/c1-15-13-28-16(2)11-19-21(26(19,3)4)18(22(28)31)12-17-14-34-27(5,6)36-24(17)29(28,32)23(15)35-25-20(33-7)9-8-10-30-25/h8-10,12-13,16,18-19,21,23-24,32H,11,14H2,1-7H3/t16-,18+,19-,21+,23+,24-,28+,29-/m1/s1. The van der Waals surface area contributed by atoms with Crippen molar-refractivity contribution >= 4 is 5.78 Å². The number of pyridine rings is 1. The van der Waals surface area contributed by atoms with Crippen LogP contribution in [0.5, 0.6) is 11.6 Å². The van der Waals surface area contributed by atoms with Crippen molar-refractivity contribution < 1.29 is 28.8 Å². The van der Waals surface area contributed by atoms with Crippen molar-refractivity contribution in [1.82, 2.24) is 4.98 Å². The summed E-state index contributed by atoms with van der Waals surface area (Å²) in [6.45, 7) is 12.6. The Bertz CT molecular complexity index is 1190. The topological polar surface area (TPSA) is 87.1 Å². The molecule has 4 aliphatic carbocycles. The van der Waals surface area contributed by atoms with E-state index >= 15 is 0 Å². The highest BCUT2D eigenvalue weighted by Crippen LogP contribution is 2.72. The highest BCUT2D eigenvalue weighted by Gasteiger charge is 2.77. The molecule has 0 amide bonds. The zero-order valence-electron chi connectivity index (χ0n) is 22.2. The van der Waals surface area contributed by atoms with Gasteiger partial charge in [-0.25, -0.2) is 4.98 Å². The molecule has 0 aromatic carbocycles. The smallest absolute Gasteiger partial charge is 0.257 e. The van der Waals surface area contributed by atoms with Crippen LogP contribution in [0.3, 0.4) is 0 Å². The second-order valence-electron chi connectivity index (χ2n) is 12.5.